The standard InChI is InChI=1S/C15H17N3O3/c1-2-17-13(19)7-6-12(15(17)21)18-8-10-9(14(18)20)4-3-5-11(10)16/h3-5,12H,2,6-8,16H2,1H3. The zero-order chi connectivity index (χ0) is 15.1. The van der Waals surface area contributed by atoms with E-state index < -0.39 is 6.04 Å². The van der Waals surface area contributed by atoms with Crippen LogP contribution in [0.4, 0.5) is 5.69 Å². The Bertz CT molecular complexity index is 641. The van der Waals surface area contributed by atoms with E-state index in [1.165, 1.54) is 4.90 Å². The maximum absolute atomic E-state index is 12.5. The predicted molar refractivity (Wildman–Crippen MR) is 76.1 cm³/mol. The zero-order valence-corrected chi connectivity index (χ0v) is 11.8. The lowest BCUT2D eigenvalue weighted by Crippen LogP contribution is -2.54. The highest BCUT2D eigenvalue weighted by Crippen LogP contribution is 2.31. The van der Waals surface area contributed by atoms with Crippen LogP contribution in [-0.4, -0.2) is 40.1 Å². The maximum atomic E-state index is 12.5. The topological polar surface area (TPSA) is 83.7 Å². The summed E-state index contributed by atoms with van der Waals surface area (Å²) in [5, 5.41) is 0. The molecule has 1 atom stereocenters. The van der Waals surface area contributed by atoms with Gasteiger partial charge in [-0.3, -0.25) is 19.3 Å². The number of benzene rings is 1. The van der Waals surface area contributed by atoms with E-state index in [4.69, 9.17) is 5.73 Å². The monoisotopic (exact) mass is 287 g/mol. The number of fused-ring (bicyclic) bond motifs is 1. The molecule has 1 aromatic rings. The van der Waals surface area contributed by atoms with Crippen LogP contribution in [0.2, 0.25) is 0 Å². The van der Waals surface area contributed by atoms with E-state index in [2.05, 4.69) is 0 Å². The second-order valence-corrected chi connectivity index (χ2v) is 5.34. The van der Waals surface area contributed by atoms with Crippen molar-refractivity contribution < 1.29 is 14.4 Å². The number of carbonyl (C=O) groups excluding carboxylic acids is 3. The zero-order valence-electron chi connectivity index (χ0n) is 11.8. The molecular formula is C15H17N3O3. The predicted octanol–water partition coefficient (Wildman–Crippen LogP) is 0.762. The van der Waals surface area contributed by atoms with Crippen LogP contribution in [0.5, 0.6) is 0 Å². The van der Waals surface area contributed by atoms with Gasteiger partial charge < -0.3 is 10.6 Å². The number of imide groups is 1. The molecule has 2 heterocycles. The van der Waals surface area contributed by atoms with Crippen molar-refractivity contribution in [1.82, 2.24) is 9.80 Å². The van der Waals surface area contributed by atoms with Gasteiger partial charge in [0.2, 0.25) is 5.91 Å². The van der Waals surface area contributed by atoms with Gasteiger partial charge in [-0.1, -0.05) is 6.07 Å². The molecule has 1 saturated heterocycles. The lowest BCUT2D eigenvalue weighted by Gasteiger charge is -2.34. The first-order valence-electron chi connectivity index (χ1n) is 7.07. The first kappa shape index (κ1) is 13.6. The number of rotatable bonds is 2. The summed E-state index contributed by atoms with van der Waals surface area (Å²) in [6, 6.07) is 4.65. The SMILES string of the molecule is CCN1C(=O)CCC(N2Cc3c(N)cccc3C2=O)C1=O. The molecule has 21 heavy (non-hydrogen) atoms. The third-order valence-electron chi connectivity index (χ3n) is 4.21. The van der Waals surface area contributed by atoms with E-state index in [0.717, 1.165) is 5.56 Å². The van der Waals surface area contributed by atoms with Gasteiger partial charge in [0.25, 0.3) is 11.8 Å². The van der Waals surface area contributed by atoms with E-state index >= 15 is 0 Å². The molecule has 3 amide bonds. The van der Waals surface area contributed by atoms with Gasteiger partial charge in [-0.2, -0.15) is 0 Å². The minimum atomic E-state index is -0.568. The second-order valence-electron chi connectivity index (χ2n) is 5.34. The average molecular weight is 287 g/mol. The number of carbonyl (C=O) groups is 3. The number of likely N-dealkylation sites (N-methyl/N-ethyl adjacent to an activating group) is 1. The Kier molecular flexibility index (Phi) is 3.16. The summed E-state index contributed by atoms with van der Waals surface area (Å²) >= 11 is 0. The second kappa shape index (κ2) is 4.87. The van der Waals surface area contributed by atoms with Crippen LogP contribution in [-0.2, 0) is 16.1 Å². The normalized spacial score (nSPS) is 22.0. The van der Waals surface area contributed by atoms with Crippen molar-refractivity contribution in [3.63, 3.8) is 0 Å². The molecule has 3 rings (SSSR count). The lowest BCUT2D eigenvalue weighted by atomic mass is 10.0. The van der Waals surface area contributed by atoms with Crippen molar-refractivity contribution in [3.8, 4) is 0 Å². The van der Waals surface area contributed by atoms with Crippen LogP contribution in [0.15, 0.2) is 18.2 Å². The molecule has 0 spiro atoms. The van der Waals surface area contributed by atoms with Crippen LogP contribution in [0.3, 0.4) is 0 Å². The first-order valence-corrected chi connectivity index (χ1v) is 7.07. The fourth-order valence-corrected chi connectivity index (χ4v) is 3.07. The number of nitrogen functional groups attached to an aromatic ring is 1. The minimum absolute atomic E-state index is 0.164. The highest BCUT2D eigenvalue weighted by molar-refractivity contribution is 6.06. The van der Waals surface area contributed by atoms with Gasteiger partial charge in [-0.25, -0.2) is 0 Å². The largest absolute Gasteiger partial charge is 0.398 e. The van der Waals surface area contributed by atoms with Crippen LogP contribution >= 0.6 is 0 Å². The summed E-state index contributed by atoms with van der Waals surface area (Å²) < 4.78 is 0. The summed E-state index contributed by atoms with van der Waals surface area (Å²) in [6.45, 7) is 2.44. The van der Waals surface area contributed by atoms with Crippen molar-refractivity contribution in [3.05, 3.63) is 29.3 Å². The molecule has 2 N–H and O–H groups in total. The fourth-order valence-electron chi connectivity index (χ4n) is 3.07. The van der Waals surface area contributed by atoms with Crippen LogP contribution in [0, 0.1) is 0 Å². The van der Waals surface area contributed by atoms with E-state index in [9.17, 15) is 14.4 Å². The number of likely N-dealkylation sites (tertiary alicyclic amines) is 1. The Morgan fingerprint density at radius 3 is 2.71 bits per heavy atom. The third-order valence-corrected chi connectivity index (χ3v) is 4.21. The number of anilines is 1. The molecule has 0 aliphatic carbocycles. The van der Waals surface area contributed by atoms with E-state index in [-0.39, 0.29) is 17.7 Å². The van der Waals surface area contributed by atoms with Gasteiger partial charge in [0.15, 0.2) is 0 Å². The van der Waals surface area contributed by atoms with Gasteiger partial charge in [-0.05, 0) is 25.5 Å². The lowest BCUT2D eigenvalue weighted by molar-refractivity contribution is -0.151. The number of nitrogens with zero attached hydrogens (tertiary/aromatic N) is 2. The molecule has 1 unspecified atom stereocenters. The Balaban J connectivity index is 1.90. The minimum Gasteiger partial charge on any atom is -0.398 e. The van der Waals surface area contributed by atoms with Crippen LogP contribution < -0.4 is 5.73 Å². The molecular weight excluding hydrogens is 270 g/mol. The van der Waals surface area contributed by atoms with Crippen LogP contribution in [0.1, 0.15) is 35.7 Å². The molecule has 0 radical (unpaired) electrons. The molecule has 2 aliphatic heterocycles. The smallest absolute Gasteiger partial charge is 0.255 e. The Hall–Kier alpha value is -2.37. The number of hydrogen-bond donors (Lipinski definition) is 1. The molecule has 6 nitrogen and oxygen atoms in total. The van der Waals surface area contributed by atoms with Crippen molar-refractivity contribution in [2.75, 3.05) is 12.3 Å². The Morgan fingerprint density at radius 2 is 2.05 bits per heavy atom. The number of amides is 3. The van der Waals surface area contributed by atoms with Crippen LogP contribution in [0.25, 0.3) is 0 Å². The number of nitrogens with two attached hydrogens (primary N) is 1. The maximum Gasteiger partial charge on any atom is 0.255 e. The molecule has 0 aromatic heterocycles. The van der Waals surface area contributed by atoms with E-state index in [1.54, 1.807) is 30.0 Å². The first-order chi connectivity index (χ1) is 10.0. The van der Waals surface area contributed by atoms with E-state index in [0.29, 0.717) is 37.2 Å². The molecule has 1 fully saturated rings. The summed E-state index contributed by atoms with van der Waals surface area (Å²) in [6.07, 6.45) is 0.674. The highest BCUT2D eigenvalue weighted by atomic mass is 16.2. The highest BCUT2D eigenvalue weighted by Gasteiger charge is 2.42. The summed E-state index contributed by atoms with van der Waals surface area (Å²) in [7, 11) is 0. The Labute approximate surface area is 122 Å². The number of hydrogen-bond acceptors (Lipinski definition) is 4. The summed E-state index contributed by atoms with van der Waals surface area (Å²) in [5.74, 6) is -0.628. The third kappa shape index (κ3) is 1.98. The van der Waals surface area contributed by atoms with Crippen molar-refractivity contribution in [2.24, 2.45) is 0 Å². The molecule has 1 aromatic carbocycles. The summed E-state index contributed by atoms with van der Waals surface area (Å²) in [5.41, 5.74) is 7.80. The quantitative estimate of drug-likeness (QED) is 0.643. The molecule has 2 aliphatic rings. The van der Waals surface area contributed by atoms with Gasteiger partial charge in [0.1, 0.15) is 6.04 Å². The van der Waals surface area contributed by atoms with Gasteiger partial charge >= 0.3 is 0 Å². The summed E-state index contributed by atoms with van der Waals surface area (Å²) in [4.78, 5) is 39.4. The molecule has 0 bridgehead atoms. The van der Waals surface area contributed by atoms with Crippen molar-refractivity contribution in [2.45, 2.75) is 32.4 Å². The number of piperidine rings is 1. The Morgan fingerprint density at radius 1 is 1.29 bits per heavy atom. The molecule has 6 heteroatoms. The van der Waals surface area contributed by atoms with E-state index in [1.807, 2.05) is 0 Å². The molecule has 110 valence electrons. The molecule has 0 saturated carbocycles. The average Bonchev–Trinajstić information content (AvgIpc) is 2.79. The fraction of sp³-hybridized carbons (Fsp3) is 0.400. The van der Waals surface area contributed by atoms with Gasteiger partial charge in [0.05, 0.1) is 0 Å². The van der Waals surface area contributed by atoms with Gasteiger partial charge in [0, 0.05) is 36.3 Å². The van der Waals surface area contributed by atoms with Gasteiger partial charge in [-0.15, -0.1) is 0 Å². The van der Waals surface area contributed by atoms with Crippen molar-refractivity contribution in [1.29, 1.82) is 0 Å². The van der Waals surface area contributed by atoms with Crippen molar-refractivity contribution >= 4 is 23.4 Å².